The Morgan fingerprint density at radius 1 is 1.50 bits per heavy atom. The van der Waals surface area contributed by atoms with Crippen LogP contribution in [0.25, 0.3) is 0 Å². The predicted octanol–water partition coefficient (Wildman–Crippen LogP) is 0.967. The van der Waals surface area contributed by atoms with Gasteiger partial charge in [-0.05, 0) is 13.5 Å². The first-order chi connectivity index (χ1) is 6.49. The van der Waals surface area contributed by atoms with Crippen LogP contribution in [-0.4, -0.2) is 30.8 Å². The van der Waals surface area contributed by atoms with Gasteiger partial charge in [0.05, 0.1) is 13.7 Å². The summed E-state index contributed by atoms with van der Waals surface area (Å²) in [7, 11) is 1.17. The van der Waals surface area contributed by atoms with Crippen LogP contribution in [0.3, 0.4) is 0 Å². The molecule has 1 N–H and O–H groups in total. The monoisotopic (exact) mass is 202 g/mol. The maximum absolute atomic E-state index is 10.1. The standard InChI is InChI=1S/C5H8O2.C4H6O3/c1-3-5(6)7-4-2;1-3(5)4(6)7-2/h3H,1,4H2,2H3;5H,1H2,2H3. The Morgan fingerprint density at radius 3 is 2.07 bits per heavy atom. The Labute approximate surface area is 82.6 Å². The fourth-order valence-corrected chi connectivity index (χ4v) is 0.319. The lowest BCUT2D eigenvalue weighted by atomic mass is 10.6. The zero-order chi connectivity index (χ0) is 11.6. The summed E-state index contributed by atoms with van der Waals surface area (Å²) in [6.07, 6.45) is 1.14. The van der Waals surface area contributed by atoms with Crippen molar-refractivity contribution < 1.29 is 24.2 Å². The number of aliphatic hydroxyl groups is 1. The molecular formula is C9H14O5. The number of hydrogen-bond donors (Lipinski definition) is 1. The van der Waals surface area contributed by atoms with Gasteiger partial charge in [0.15, 0.2) is 5.76 Å². The number of hydrogen-bond acceptors (Lipinski definition) is 5. The highest BCUT2D eigenvalue weighted by Crippen LogP contribution is 1.82. The highest BCUT2D eigenvalue weighted by molar-refractivity contribution is 5.84. The Morgan fingerprint density at radius 2 is 2.00 bits per heavy atom. The third kappa shape index (κ3) is 10.2. The number of esters is 2. The summed E-state index contributed by atoms with van der Waals surface area (Å²) < 4.78 is 8.46. The van der Waals surface area contributed by atoms with Gasteiger partial charge in [-0.1, -0.05) is 6.58 Å². The van der Waals surface area contributed by atoms with Crippen molar-refractivity contribution in [3.05, 3.63) is 25.0 Å². The summed E-state index contributed by atoms with van der Waals surface area (Å²) in [6, 6.07) is 0. The van der Waals surface area contributed by atoms with E-state index in [0.29, 0.717) is 6.61 Å². The van der Waals surface area contributed by atoms with E-state index < -0.39 is 11.7 Å². The SMILES string of the molecule is C=C(O)C(=O)OC.C=CC(=O)OCC. The minimum atomic E-state index is -0.792. The van der Waals surface area contributed by atoms with Crippen LogP contribution in [0, 0.1) is 0 Å². The first kappa shape index (κ1) is 14.7. The second kappa shape index (κ2) is 9.31. The molecule has 0 aliphatic heterocycles. The summed E-state index contributed by atoms with van der Waals surface area (Å²) in [5.41, 5.74) is 0. The van der Waals surface area contributed by atoms with Crippen molar-refractivity contribution in [3.63, 3.8) is 0 Å². The molecule has 0 heterocycles. The van der Waals surface area contributed by atoms with Crippen molar-refractivity contribution in [2.45, 2.75) is 6.92 Å². The molecule has 5 heteroatoms. The fraction of sp³-hybridized carbons (Fsp3) is 0.333. The minimum Gasteiger partial charge on any atom is -0.502 e. The maximum atomic E-state index is 10.1. The second-order valence-corrected chi connectivity index (χ2v) is 1.89. The van der Waals surface area contributed by atoms with E-state index in [2.05, 4.69) is 22.6 Å². The molecule has 0 rings (SSSR count). The van der Waals surface area contributed by atoms with Crippen molar-refractivity contribution in [3.8, 4) is 0 Å². The predicted molar refractivity (Wildman–Crippen MR) is 50.6 cm³/mol. The normalized spacial score (nSPS) is 7.57. The molecule has 0 aromatic carbocycles. The van der Waals surface area contributed by atoms with Gasteiger partial charge in [0.2, 0.25) is 0 Å². The van der Waals surface area contributed by atoms with E-state index in [0.717, 1.165) is 6.08 Å². The summed E-state index contributed by atoms with van der Waals surface area (Å²) >= 11 is 0. The second-order valence-electron chi connectivity index (χ2n) is 1.89. The number of methoxy groups -OCH3 is 1. The van der Waals surface area contributed by atoms with E-state index in [4.69, 9.17) is 5.11 Å². The molecule has 80 valence electrons. The summed E-state index contributed by atoms with van der Waals surface area (Å²) in [5, 5.41) is 8.15. The molecule has 14 heavy (non-hydrogen) atoms. The van der Waals surface area contributed by atoms with E-state index in [-0.39, 0.29) is 5.97 Å². The van der Waals surface area contributed by atoms with Gasteiger partial charge in [0.1, 0.15) is 0 Å². The zero-order valence-corrected chi connectivity index (χ0v) is 8.28. The Balaban J connectivity index is 0. The van der Waals surface area contributed by atoms with Crippen molar-refractivity contribution in [2.24, 2.45) is 0 Å². The summed E-state index contributed by atoms with van der Waals surface area (Å²) in [4.78, 5) is 20.0. The van der Waals surface area contributed by atoms with Crippen LogP contribution in [0.1, 0.15) is 6.92 Å². The van der Waals surface area contributed by atoms with Gasteiger partial charge < -0.3 is 14.6 Å². The molecule has 0 radical (unpaired) electrons. The number of carbonyl (C=O) groups excluding carboxylic acids is 2. The smallest absolute Gasteiger partial charge is 0.372 e. The van der Waals surface area contributed by atoms with E-state index in [9.17, 15) is 9.59 Å². The van der Waals surface area contributed by atoms with Crippen LogP contribution in [0.2, 0.25) is 0 Å². The molecule has 0 atom stereocenters. The lowest BCUT2D eigenvalue weighted by Crippen LogP contribution is -2.01. The van der Waals surface area contributed by atoms with Crippen LogP contribution in [0.5, 0.6) is 0 Å². The number of aliphatic hydroxyl groups excluding tert-OH is 1. The van der Waals surface area contributed by atoms with Gasteiger partial charge in [0.25, 0.3) is 0 Å². The topological polar surface area (TPSA) is 72.8 Å². The maximum Gasteiger partial charge on any atom is 0.372 e. The Bertz CT molecular complexity index is 217. The molecule has 0 unspecified atom stereocenters. The van der Waals surface area contributed by atoms with Crippen LogP contribution in [-0.2, 0) is 19.1 Å². The molecule has 0 spiro atoms. The van der Waals surface area contributed by atoms with Gasteiger partial charge in [0, 0.05) is 6.08 Å². The summed E-state index contributed by atoms with van der Waals surface area (Å²) in [5.74, 6) is -1.72. The van der Waals surface area contributed by atoms with Gasteiger partial charge in [-0.15, -0.1) is 0 Å². The lowest BCUT2D eigenvalue weighted by molar-refractivity contribution is -0.139. The van der Waals surface area contributed by atoms with Crippen LogP contribution in [0.15, 0.2) is 25.0 Å². The first-order valence-corrected chi connectivity index (χ1v) is 3.74. The molecule has 5 nitrogen and oxygen atoms in total. The average Bonchev–Trinajstić information content (AvgIpc) is 2.17. The Kier molecular flexibility index (Phi) is 9.79. The van der Waals surface area contributed by atoms with Gasteiger partial charge >= 0.3 is 11.9 Å². The molecule has 0 aliphatic rings. The molecule has 0 saturated carbocycles. The molecule has 0 aromatic heterocycles. The van der Waals surface area contributed by atoms with Crippen LogP contribution < -0.4 is 0 Å². The van der Waals surface area contributed by atoms with Gasteiger partial charge in [-0.2, -0.15) is 0 Å². The van der Waals surface area contributed by atoms with Crippen LogP contribution in [0.4, 0.5) is 0 Å². The van der Waals surface area contributed by atoms with Crippen molar-refractivity contribution in [2.75, 3.05) is 13.7 Å². The van der Waals surface area contributed by atoms with E-state index in [1.54, 1.807) is 6.92 Å². The molecular weight excluding hydrogens is 188 g/mol. The molecule has 0 amide bonds. The summed E-state index contributed by atoms with van der Waals surface area (Å²) in [6.45, 7) is 8.28. The average molecular weight is 202 g/mol. The molecule has 0 bridgehead atoms. The fourth-order valence-electron chi connectivity index (χ4n) is 0.319. The quantitative estimate of drug-likeness (QED) is 0.419. The highest BCUT2D eigenvalue weighted by Gasteiger charge is 1.99. The van der Waals surface area contributed by atoms with Crippen molar-refractivity contribution in [1.29, 1.82) is 0 Å². The van der Waals surface area contributed by atoms with E-state index in [1.807, 2.05) is 0 Å². The Hall–Kier alpha value is -1.78. The largest absolute Gasteiger partial charge is 0.502 e. The molecule has 0 saturated heterocycles. The molecule has 0 fully saturated rings. The number of carbonyl (C=O) groups is 2. The minimum absolute atomic E-state index is 0.359. The highest BCUT2D eigenvalue weighted by atomic mass is 16.5. The lowest BCUT2D eigenvalue weighted by Gasteiger charge is -1.90. The van der Waals surface area contributed by atoms with Gasteiger partial charge in [-0.3, -0.25) is 0 Å². The van der Waals surface area contributed by atoms with Crippen LogP contribution >= 0.6 is 0 Å². The first-order valence-electron chi connectivity index (χ1n) is 3.74. The number of rotatable bonds is 3. The number of ether oxygens (including phenoxy) is 2. The van der Waals surface area contributed by atoms with E-state index in [1.165, 1.54) is 7.11 Å². The molecule has 0 aromatic rings. The zero-order valence-electron chi connectivity index (χ0n) is 8.28. The van der Waals surface area contributed by atoms with Crippen molar-refractivity contribution >= 4 is 11.9 Å². The third-order valence-electron chi connectivity index (χ3n) is 0.874. The van der Waals surface area contributed by atoms with Crippen molar-refractivity contribution in [1.82, 2.24) is 0 Å². The third-order valence-corrected chi connectivity index (χ3v) is 0.874. The molecule has 0 aliphatic carbocycles. The van der Waals surface area contributed by atoms with E-state index >= 15 is 0 Å². The van der Waals surface area contributed by atoms with Gasteiger partial charge in [-0.25, -0.2) is 9.59 Å².